The smallest absolute Gasteiger partial charge is 0.0242 e. The Balaban J connectivity index is 3.62. The molecule has 0 aromatic rings. The lowest BCUT2D eigenvalue weighted by Gasteiger charge is -1.95. The fourth-order valence-electron chi connectivity index (χ4n) is 0.316. The minimum atomic E-state index is 0.914. The lowest BCUT2D eigenvalue weighted by atomic mass is 10.6. The largest absolute Gasteiger partial charge is 0.130 e. The first kappa shape index (κ1) is 8.38. The summed E-state index contributed by atoms with van der Waals surface area (Å²) in [6, 6.07) is 0. The summed E-state index contributed by atoms with van der Waals surface area (Å²) in [4.78, 5) is 1.23. The Morgan fingerprint density at radius 1 is 1.50 bits per heavy atom. The van der Waals surface area contributed by atoms with E-state index in [1.165, 1.54) is 4.91 Å². The van der Waals surface area contributed by atoms with Crippen LogP contribution in [0.25, 0.3) is 0 Å². The molecule has 0 spiro atoms. The Morgan fingerprint density at radius 3 is 2.12 bits per heavy atom. The quantitative estimate of drug-likeness (QED) is 0.583. The zero-order valence-corrected chi connectivity index (χ0v) is 7.07. The SMILES string of the molecule is CCSC(C)=C(C)Cl. The molecule has 2 heteroatoms. The third-order valence-electron chi connectivity index (χ3n) is 0.846. The van der Waals surface area contributed by atoms with E-state index in [1.54, 1.807) is 11.8 Å². The summed E-state index contributed by atoms with van der Waals surface area (Å²) < 4.78 is 0. The van der Waals surface area contributed by atoms with Crippen molar-refractivity contribution < 1.29 is 0 Å². The fourth-order valence-corrected chi connectivity index (χ4v) is 1.11. The Hall–Kier alpha value is 0.380. The van der Waals surface area contributed by atoms with Gasteiger partial charge in [0.05, 0.1) is 0 Å². The number of halogens is 1. The molecule has 0 heterocycles. The molecule has 0 amide bonds. The standard InChI is InChI=1S/C6H11ClS/c1-4-8-6(3)5(2)7/h4H2,1-3H3. The van der Waals surface area contributed by atoms with Crippen LogP contribution in [0.4, 0.5) is 0 Å². The van der Waals surface area contributed by atoms with E-state index in [-0.39, 0.29) is 0 Å². The van der Waals surface area contributed by atoms with Crippen LogP contribution in [0.1, 0.15) is 20.8 Å². The average molecular weight is 151 g/mol. The molecule has 0 radical (unpaired) electrons. The van der Waals surface area contributed by atoms with Gasteiger partial charge in [0, 0.05) is 5.03 Å². The van der Waals surface area contributed by atoms with Gasteiger partial charge in [-0.25, -0.2) is 0 Å². The van der Waals surface area contributed by atoms with Crippen LogP contribution in [0.5, 0.6) is 0 Å². The summed E-state index contributed by atoms with van der Waals surface area (Å²) in [6.45, 7) is 6.07. The topological polar surface area (TPSA) is 0 Å². The monoisotopic (exact) mass is 150 g/mol. The van der Waals surface area contributed by atoms with Crippen molar-refractivity contribution in [2.75, 3.05) is 5.75 Å². The van der Waals surface area contributed by atoms with E-state index < -0.39 is 0 Å². The molecule has 48 valence electrons. The number of rotatable bonds is 2. The highest BCUT2D eigenvalue weighted by atomic mass is 35.5. The van der Waals surface area contributed by atoms with E-state index in [4.69, 9.17) is 11.6 Å². The van der Waals surface area contributed by atoms with Crippen LogP contribution in [0.3, 0.4) is 0 Å². The van der Waals surface area contributed by atoms with E-state index in [9.17, 15) is 0 Å². The second-order valence-electron chi connectivity index (χ2n) is 1.52. The first-order valence-corrected chi connectivity index (χ1v) is 4.00. The third-order valence-corrected chi connectivity index (χ3v) is 2.27. The van der Waals surface area contributed by atoms with Crippen LogP contribution >= 0.6 is 23.4 Å². The zero-order chi connectivity index (χ0) is 6.57. The van der Waals surface area contributed by atoms with E-state index >= 15 is 0 Å². The van der Waals surface area contributed by atoms with Crippen molar-refractivity contribution in [3.8, 4) is 0 Å². The highest BCUT2D eigenvalue weighted by molar-refractivity contribution is 8.03. The molecule has 0 saturated carbocycles. The molecular weight excluding hydrogens is 140 g/mol. The predicted octanol–water partition coefficient (Wildman–Crippen LogP) is 3.23. The molecule has 0 bridgehead atoms. The maximum absolute atomic E-state index is 5.67. The lowest BCUT2D eigenvalue weighted by Crippen LogP contribution is -1.70. The molecule has 0 unspecified atom stereocenters. The molecule has 0 rings (SSSR count). The Labute approximate surface area is 60.3 Å². The van der Waals surface area contributed by atoms with Crippen molar-refractivity contribution in [1.29, 1.82) is 0 Å². The number of hydrogen-bond acceptors (Lipinski definition) is 1. The molecule has 0 atom stereocenters. The predicted molar refractivity (Wildman–Crippen MR) is 42.4 cm³/mol. The van der Waals surface area contributed by atoms with Crippen molar-refractivity contribution in [3.63, 3.8) is 0 Å². The molecule has 0 nitrogen and oxygen atoms in total. The van der Waals surface area contributed by atoms with Crippen LogP contribution in [-0.2, 0) is 0 Å². The number of hydrogen-bond donors (Lipinski definition) is 0. The Kier molecular flexibility index (Phi) is 4.48. The second kappa shape index (κ2) is 4.28. The molecule has 8 heavy (non-hydrogen) atoms. The van der Waals surface area contributed by atoms with Crippen LogP contribution in [-0.4, -0.2) is 5.75 Å². The minimum Gasteiger partial charge on any atom is -0.130 e. The Bertz CT molecular complexity index is 92.7. The summed E-state index contributed by atoms with van der Waals surface area (Å²) in [5.74, 6) is 1.11. The molecule has 0 saturated heterocycles. The Morgan fingerprint density at radius 2 is 2.00 bits per heavy atom. The zero-order valence-electron chi connectivity index (χ0n) is 5.49. The van der Waals surface area contributed by atoms with Gasteiger partial charge in [-0.05, 0) is 24.5 Å². The van der Waals surface area contributed by atoms with Crippen LogP contribution < -0.4 is 0 Å². The van der Waals surface area contributed by atoms with Crippen molar-refractivity contribution in [3.05, 3.63) is 9.94 Å². The molecule has 0 aliphatic heterocycles. The molecule has 0 aromatic carbocycles. The van der Waals surface area contributed by atoms with Gasteiger partial charge in [-0.1, -0.05) is 18.5 Å². The first-order chi connectivity index (χ1) is 3.68. The van der Waals surface area contributed by atoms with Gasteiger partial charge >= 0.3 is 0 Å². The minimum absolute atomic E-state index is 0.914. The van der Waals surface area contributed by atoms with Gasteiger partial charge in [-0.2, -0.15) is 0 Å². The van der Waals surface area contributed by atoms with Gasteiger partial charge in [0.15, 0.2) is 0 Å². The van der Waals surface area contributed by atoms with Gasteiger partial charge in [-0.15, -0.1) is 11.8 Å². The van der Waals surface area contributed by atoms with Crippen LogP contribution in [0.15, 0.2) is 9.94 Å². The molecule has 0 aliphatic rings. The van der Waals surface area contributed by atoms with Crippen LogP contribution in [0.2, 0.25) is 0 Å². The first-order valence-electron chi connectivity index (χ1n) is 2.64. The molecule has 0 aliphatic carbocycles. The average Bonchev–Trinajstić information content (AvgIpc) is 1.67. The van der Waals surface area contributed by atoms with E-state index in [0.29, 0.717) is 0 Å². The maximum atomic E-state index is 5.67. The van der Waals surface area contributed by atoms with Gasteiger partial charge < -0.3 is 0 Å². The van der Waals surface area contributed by atoms with Crippen molar-refractivity contribution in [1.82, 2.24) is 0 Å². The molecular formula is C6H11ClS. The van der Waals surface area contributed by atoms with Gasteiger partial charge in [-0.3, -0.25) is 0 Å². The van der Waals surface area contributed by atoms with Crippen LogP contribution in [0, 0.1) is 0 Å². The number of thioether (sulfide) groups is 1. The highest BCUT2D eigenvalue weighted by Gasteiger charge is 1.89. The van der Waals surface area contributed by atoms with Gasteiger partial charge in [0.25, 0.3) is 0 Å². The second-order valence-corrected chi connectivity index (χ2v) is 3.57. The van der Waals surface area contributed by atoms with E-state index in [0.717, 1.165) is 10.8 Å². The third kappa shape index (κ3) is 3.39. The van der Waals surface area contributed by atoms with Crippen molar-refractivity contribution in [2.45, 2.75) is 20.8 Å². The van der Waals surface area contributed by atoms with Crippen molar-refractivity contribution >= 4 is 23.4 Å². The normalized spacial score (nSPS) is 13.5. The van der Waals surface area contributed by atoms with Gasteiger partial charge in [0.2, 0.25) is 0 Å². The van der Waals surface area contributed by atoms with E-state index in [2.05, 4.69) is 6.92 Å². The van der Waals surface area contributed by atoms with Gasteiger partial charge in [0.1, 0.15) is 0 Å². The number of allylic oxidation sites excluding steroid dienone is 2. The maximum Gasteiger partial charge on any atom is 0.0242 e. The summed E-state index contributed by atoms with van der Waals surface area (Å²) in [7, 11) is 0. The molecule has 0 aromatic heterocycles. The van der Waals surface area contributed by atoms with Crippen molar-refractivity contribution in [2.24, 2.45) is 0 Å². The lowest BCUT2D eigenvalue weighted by molar-refractivity contribution is 1.49. The fraction of sp³-hybridized carbons (Fsp3) is 0.667. The summed E-state index contributed by atoms with van der Waals surface area (Å²) in [5.41, 5.74) is 0. The highest BCUT2D eigenvalue weighted by Crippen LogP contribution is 2.20. The molecule has 0 fully saturated rings. The van der Waals surface area contributed by atoms with E-state index in [1.807, 2.05) is 13.8 Å². The molecule has 0 N–H and O–H groups in total. The summed E-state index contributed by atoms with van der Waals surface area (Å²) in [5, 5.41) is 0.914. The summed E-state index contributed by atoms with van der Waals surface area (Å²) in [6.07, 6.45) is 0. The summed E-state index contributed by atoms with van der Waals surface area (Å²) >= 11 is 7.45.